The molecule has 1 saturated carbocycles. The van der Waals surface area contributed by atoms with Gasteiger partial charge in [-0.15, -0.1) is 0 Å². The SMILES string of the molecule is Cc1noc(CN2CCN(C(=O)[C@@H]3CCC[C@H](N)C3)CC2)n1. The van der Waals surface area contributed by atoms with Gasteiger partial charge in [-0.3, -0.25) is 9.69 Å². The summed E-state index contributed by atoms with van der Waals surface area (Å²) in [6.07, 6.45) is 3.98. The summed E-state index contributed by atoms with van der Waals surface area (Å²) in [6.45, 7) is 5.74. The number of nitrogens with zero attached hydrogens (tertiary/aromatic N) is 4. The molecule has 2 aliphatic rings. The second-order valence-electron chi connectivity index (χ2n) is 6.46. The van der Waals surface area contributed by atoms with Crippen LogP contribution in [0.15, 0.2) is 4.52 Å². The monoisotopic (exact) mass is 307 g/mol. The normalized spacial score (nSPS) is 27.1. The van der Waals surface area contributed by atoms with Crippen LogP contribution >= 0.6 is 0 Å². The van der Waals surface area contributed by atoms with Crippen LogP contribution in [-0.2, 0) is 11.3 Å². The third-order valence-corrected chi connectivity index (χ3v) is 4.68. The lowest BCUT2D eigenvalue weighted by Gasteiger charge is -2.37. The Morgan fingerprint density at radius 1 is 1.32 bits per heavy atom. The molecule has 2 N–H and O–H groups in total. The molecule has 3 rings (SSSR count). The fourth-order valence-corrected chi connectivity index (χ4v) is 3.43. The van der Waals surface area contributed by atoms with Crippen molar-refractivity contribution in [2.24, 2.45) is 11.7 Å². The van der Waals surface area contributed by atoms with Crippen LogP contribution in [-0.4, -0.2) is 58.1 Å². The van der Waals surface area contributed by atoms with Crippen molar-refractivity contribution in [3.63, 3.8) is 0 Å². The lowest BCUT2D eigenvalue weighted by Crippen LogP contribution is -2.51. The summed E-state index contributed by atoms with van der Waals surface area (Å²) in [7, 11) is 0. The topological polar surface area (TPSA) is 88.5 Å². The van der Waals surface area contributed by atoms with E-state index in [1.165, 1.54) is 0 Å². The Kier molecular flexibility index (Phi) is 4.73. The summed E-state index contributed by atoms with van der Waals surface area (Å²) >= 11 is 0. The molecule has 7 nitrogen and oxygen atoms in total. The van der Waals surface area contributed by atoms with Gasteiger partial charge in [0.1, 0.15) is 0 Å². The van der Waals surface area contributed by atoms with E-state index in [4.69, 9.17) is 10.3 Å². The largest absolute Gasteiger partial charge is 0.340 e. The highest BCUT2D eigenvalue weighted by molar-refractivity contribution is 5.79. The van der Waals surface area contributed by atoms with Crippen LogP contribution in [0.5, 0.6) is 0 Å². The van der Waals surface area contributed by atoms with Crippen molar-refractivity contribution in [2.75, 3.05) is 26.2 Å². The fourth-order valence-electron chi connectivity index (χ4n) is 3.43. The van der Waals surface area contributed by atoms with Gasteiger partial charge in [0.05, 0.1) is 6.54 Å². The molecular weight excluding hydrogens is 282 g/mol. The molecule has 7 heteroatoms. The number of hydrogen-bond acceptors (Lipinski definition) is 6. The van der Waals surface area contributed by atoms with Gasteiger partial charge in [0.25, 0.3) is 0 Å². The van der Waals surface area contributed by atoms with Crippen LogP contribution in [0.3, 0.4) is 0 Å². The first-order valence-electron chi connectivity index (χ1n) is 8.17. The van der Waals surface area contributed by atoms with Gasteiger partial charge < -0.3 is 15.2 Å². The summed E-state index contributed by atoms with van der Waals surface area (Å²) in [5.74, 6) is 1.74. The first-order valence-corrected chi connectivity index (χ1v) is 8.17. The smallest absolute Gasteiger partial charge is 0.240 e. The van der Waals surface area contributed by atoms with Crippen LogP contribution in [0.2, 0.25) is 0 Å². The molecule has 2 fully saturated rings. The van der Waals surface area contributed by atoms with Crippen molar-refractivity contribution in [2.45, 2.75) is 45.2 Å². The zero-order valence-electron chi connectivity index (χ0n) is 13.2. The van der Waals surface area contributed by atoms with Gasteiger partial charge in [-0.1, -0.05) is 11.6 Å². The van der Waals surface area contributed by atoms with Gasteiger partial charge in [0, 0.05) is 38.1 Å². The number of aryl methyl sites for hydroxylation is 1. The first kappa shape index (κ1) is 15.4. The van der Waals surface area contributed by atoms with E-state index in [0.717, 1.165) is 51.9 Å². The standard InChI is InChI=1S/C15H25N5O2/c1-11-17-14(22-18-11)10-19-5-7-20(8-6-19)15(21)12-3-2-4-13(16)9-12/h12-13H,2-10,16H2,1H3/t12-,13+/m1/s1. The summed E-state index contributed by atoms with van der Waals surface area (Å²) in [6, 6.07) is 0.199. The van der Waals surface area contributed by atoms with Crippen molar-refractivity contribution in [3.05, 3.63) is 11.7 Å². The summed E-state index contributed by atoms with van der Waals surface area (Å²) < 4.78 is 5.15. The Hall–Kier alpha value is -1.47. The average Bonchev–Trinajstić information content (AvgIpc) is 2.92. The molecule has 2 heterocycles. The molecule has 122 valence electrons. The van der Waals surface area contributed by atoms with E-state index in [0.29, 0.717) is 24.2 Å². The molecule has 0 bridgehead atoms. The molecule has 1 amide bonds. The molecule has 0 radical (unpaired) electrons. The minimum absolute atomic E-state index is 0.133. The van der Waals surface area contributed by atoms with E-state index in [1.54, 1.807) is 0 Å². The number of hydrogen-bond donors (Lipinski definition) is 1. The predicted octanol–water partition coefficient (Wildman–Crippen LogP) is 0.540. The zero-order valence-corrected chi connectivity index (χ0v) is 13.2. The second kappa shape index (κ2) is 6.75. The Bertz CT molecular complexity index is 510. The fraction of sp³-hybridized carbons (Fsp3) is 0.800. The summed E-state index contributed by atoms with van der Waals surface area (Å²) in [5.41, 5.74) is 6.00. The van der Waals surface area contributed by atoms with Crippen LogP contribution in [0, 0.1) is 12.8 Å². The van der Waals surface area contributed by atoms with Crippen LogP contribution in [0.4, 0.5) is 0 Å². The van der Waals surface area contributed by atoms with Gasteiger partial charge in [0.15, 0.2) is 5.82 Å². The van der Waals surface area contributed by atoms with Gasteiger partial charge >= 0.3 is 0 Å². The molecular formula is C15H25N5O2. The summed E-state index contributed by atoms with van der Waals surface area (Å²) in [4.78, 5) is 21.1. The number of piperazine rings is 1. The van der Waals surface area contributed by atoms with E-state index >= 15 is 0 Å². The van der Waals surface area contributed by atoms with E-state index in [1.807, 2.05) is 11.8 Å². The van der Waals surface area contributed by atoms with Gasteiger partial charge in [-0.05, 0) is 26.2 Å². The van der Waals surface area contributed by atoms with Crippen LogP contribution in [0.25, 0.3) is 0 Å². The molecule has 0 unspecified atom stereocenters. The molecule has 22 heavy (non-hydrogen) atoms. The molecule has 1 aromatic heterocycles. The number of carbonyl (C=O) groups excluding carboxylic acids is 1. The first-order chi connectivity index (χ1) is 10.6. The van der Waals surface area contributed by atoms with Crippen molar-refractivity contribution in [3.8, 4) is 0 Å². The van der Waals surface area contributed by atoms with E-state index in [-0.39, 0.29) is 12.0 Å². The van der Waals surface area contributed by atoms with Gasteiger partial charge in [-0.2, -0.15) is 4.98 Å². The highest BCUT2D eigenvalue weighted by Crippen LogP contribution is 2.25. The maximum atomic E-state index is 12.6. The van der Waals surface area contributed by atoms with E-state index < -0.39 is 0 Å². The number of aromatic nitrogens is 2. The van der Waals surface area contributed by atoms with Gasteiger partial charge in [0.2, 0.25) is 11.8 Å². The van der Waals surface area contributed by atoms with E-state index in [9.17, 15) is 4.79 Å². The number of carbonyl (C=O) groups is 1. The third-order valence-electron chi connectivity index (χ3n) is 4.68. The third kappa shape index (κ3) is 3.64. The van der Waals surface area contributed by atoms with Crippen LogP contribution in [0.1, 0.15) is 37.4 Å². The predicted molar refractivity (Wildman–Crippen MR) is 80.8 cm³/mol. The zero-order chi connectivity index (χ0) is 15.5. The minimum Gasteiger partial charge on any atom is -0.340 e. The molecule has 0 spiro atoms. The maximum absolute atomic E-state index is 12.6. The Balaban J connectivity index is 1.47. The lowest BCUT2D eigenvalue weighted by molar-refractivity contribution is -0.138. The quantitative estimate of drug-likeness (QED) is 0.877. The minimum atomic E-state index is 0.133. The highest BCUT2D eigenvalue weighted by Gasteiger charge is 2.30. The van der Waals surface area contributed by atoms with Crippen LogP contribution < -0.4 is 5.73 Å². The molecule has 1 aliphatic carbocycles. The molecule has 1 saturated heterocycles. The molecule has 1 aromatic rings. The van der Waals surface area contributed by atoms with Crippen molar-refractivity contribution >= 4 is 5.91 Å². The molecule has 1 aliphatic heterocycles. The number of nitrogens with two attached hydrogens (primary N) is 1. The van der Waals surface area contributed by atoms with Crippen molar-refractivity contribution in [1.82, 2.24) is 19.9 Å². The average molecular weight is 307 g/mol. The van der Waals surface area contributed by atoms with Gasteiger partial charge in [-0.25, -0.2) is 0 Å². The Morgan fingerprint density at radius 3 is 2.73 bits per heavy atom. The highest BCUT2D eigenvalue weighted by atomic mass is 16.5. The molecule has 0 aromatic carbocycles. The Morgan fingerprint density at radius 2 is 2.09 bits per heavy atom. The van der Waals surface area contributed by atoms with Crippen molar-refractivity contribution < 1.29 is 9.32 Å². The molecule has 2 atom stereocenters. The van der Waals surface area contributed by atoms with E-state index in [2.05, 4.69) is 15.0 Å². The summed E-state index contributed by atoms with van der Waals surface area (Å²) in [5, 5.41) is 3.80. The maximum Gasteiger partial charge on any atom is 0.240 e. The Labute approximate surface area is 130 Å². The lowest BCUT2D eigenvalue weighted by atomic mass is 9.85. The number of rotatable bonds is 3. The second-order valence-corrected chi connectivity index (χ2v) is 6.46. The number of amides is 1. The van der Waals surface area contributed by atoms with Crippen molar-refractivity contribution in [1.29, 1.82) is 0 Å².